The number of ether oxygens (including phenoxy) is 1. The number of ketones is 2. The van der Waals surface area contributed by atoms with Crippen LogP contribution < -0.4 is 10.1 Å². The average molecular weight is 479 g/mol. The Morgan fingerprint density at radius 3 is 2.12 bits per heavy atom. The summed E-state index contributed by atoms with van der Waals surface area (Å²) in [7, 11) is 0. The maximum absolute atomic E-state index is 12.9. The lowest BCUT2D eigenvalue weighted by Crippen LogP contribution is -2.36. The Morgan fingerprint density at radius 1 is 0.941 bits per heavy atom. The molecule has 8 heteroatoms. The number of nitrogens with zero attached hydrogens (tertiary/aromatic N) is 1. The molecule has 2 aromatic rings. The molecule has 0 spiro atoms. The second-order valence-electron chi connectivity index (χ2n) is 8.80. The maximum atomic E-state index is 12.9. The van der Waals surface area contributed by atoms with Crippen LogP contribution in [-0.2, 0) is 16.2 Å². The largest absolute Gasteiger partial charge is 0.487 e. The number of non-ortho nitro benzene ring substituents is 1. The Morgan fingerprint density at radius 2 is 1.56 bits per heavy atom. The van der Waals surface area contributed by atoms with Gasteiger partial charge in [-0.1, -0.05) is 17.7 Å². The highest BCUT2D eigenvalue weighted by Gasteiger charge is 2.40. The van der Waals surface area contributed by atoms with Gasteiger partial charge >= 0.3 is 0 Å². The molecule has 2 aromatic carbocycles. The first-order chi connectivity index (χ1) is 16.4. The SMILES string of the molecule is O=C1CCCC2=C1C(c1ccc(OCc3ccc([N+](=O)[O-])cc3)c(Cl)c1)C1=C(CCCC1=O)N2. The van der Waals surface area contributed by atoms with Crippen molar-refractivity contribution in [2.24, 2.45) is 0 Å². The lowest BCUT2D eigenvalue weighted by atomic mass is 9.71. The monoisotopic (exact) mass is 478 g/mol. The van der Waals surface area contributed by atoms with E-state index in [-0.39, 0.29) is 23.9 Å². The molecule has 7 nitrogen and oxygen atoms in total. The molecule has 0 atom stereocenters. The third kappa shape index (κ3) is 4.12. The summed E-state index contributed by atoms with van der Waals surface area (Å²) in [6.07, 6.45) is 4.18. The van der Waals surface area contributed by atoms with E-state index in [1.807, 2.05) is 6.07 Å². The van der Waals surface area contributed by atoms with Crippen LogP contribution in [0.4, 0.5) is 5.69 Å². The molecule has 1 heterocycles. The highest BCUT2D eigenvalue weighted by atomic mass is 35.5. The Labute approximate surface area is 201 Å². The molecular formula is C26H23ClN2O5. The van der Waals surface area contributed by atoms with E-state index in [4.69, 9.17) is 16.3 Å². The van der Waals surface area contributed by atoms with Gasteiger partial charge in [0.15, 0.2) is 11.6 Å². The van der Waals surface area contributed by atoms with Gasteiger partial charge in [-0.25, -0.2) is 0 Å². The van der Waals surface area contributed by atoms with Crippen LogP contribution in [0.15, 0.2) is 65.0 Å². The number of Topliss-reactive ketones (excluding diaryl/α,β-unsaturated/α-hetero) is 2. The second-order valence-corrected chi connectivity index (χ2v) is 9.21. The van der Waals surface area contributed by atoms with Gasteiger partial charge in [0, 0.05) is 53.4 Å². The van der Waals surface area contributed by atoms with Crippen LogP contribution >= 0.6 is 11.6 Å². The normalized spacial score (nSPS) is 18.4. The molecule has 0 saturated heterocycles. The first-order valence-electron chi connectivity index (χ1n) is 11.4. The van der Waals surface area contributed by atoms with Gasteiger partial charge < -0.3 is 10.1 Å². The summed E-state index contributed by atoms with van der Waals surface area (Å²) >= 11 is 6.57. The van der Waals surface area contributed by atoms with E-state index in [0.29, 0.717) is 34.8 Å². The van der Waals surface area contributed by atoms with Gasteiger partial charge in [-0.05, 0) is 61.1 Å². The van der Waals surface area contributed by atoms with Gasteiger partial charge in [0.05, 0.1) is 9.95 Å². The van der Waals surface area contributed by atoms with E-state index in [1.165, 1.54) is 12.1 Å². The molecule has 0 radical (unpaired) electrons. The fraction of sp³-hybridized carbons (Fsp3) is 0.308. The van der Waals surface area contributed by atoms with Crippen LogP contribution in [0.2, 0.25) is 5.02 Å². The molecule has 5 rings (SSSR count). The van der Waals surface area contributed by atoms with Gasteiger partial charge in [0.2, 0.25) is 0 Å². The highest BCUT2D eigenvalue weighted by molar-refractivity contribution is 6.32. The minimum atomic E-state index is -0.448. The maximum Gasteiger partial charge on any atom is 0.269 e. The van der Waals surface area contributed by atoms with E-state index in [1.54, 1.807) is 24.3 Å². The molecule has 0 unspecified atom stereocenters. The second kappa shape index (κ2) is 9.06. The zero-order valence-corrected chi connectivity index (χ0v) is 19.2. The van der Waals surface area contributed by atoms with Crippen molar-refractivity contribution in [2.45, 2.75) is 51.0 Å². The minimum absolute atomic E-state index is 0.0185. The molecule has 3 aliphatic rings. The van der Waals surface area contributed by atoms with Gasteiger partial charge in [0.25, 0.3) is 5.69 Å². The predicted octanol–water partition coefficient (Wildman–Crippen LogP) is 5.53. The number of hydrogen-bond acceptors (Lipinski definition) is 6. The van der Waals surface area contributed by atoms with Crippen LogP contribution in [-0.4, -0.2) is 16.5 Å². The van der Waals surface area contributed by atoms with E-state index in [2.05, 4.69) is 5.32 Å². The number of halogens is 1. The number of nitro groups is 1. The van der Waals surface area contributed by atoms with Crippen molar-refractivity contribution in [3.63, 3.8) is 0 Å². The third-order valence-corrected chi connectivity index (χ3v) is 6.92. The summed E-state index contributed by atoms with van der Waals surface area (Å²) in [5.74, 6) is 0.218. The molecule has 34 heavy (non-hydrogen) atoms. The minimum Gasteiger partial charge on any atom is -0.487 e. The molecule has 0 fully saturated rings. The van der Waals surface area contributed by atoms with Crippen molar-refractivity contribution in [2.75, 3.05) is 0 Å². The molecule has 1 N–H and O–H groups in total. The molecule has 0 aromatic heterocycles. The molecule has 0 amide bonds. The molecule has 2 aliphatic carbocycles. The number of nitro benzene ring substituents is 1. The number of dihydropyridines is 1. The summed E-state index contributed by atoms with van der Waals surface area (Å²) in [6.45, 7) is 0.200. The fourth-order valence-corrected chi connectivity index (χ4v) is 5.25. The van der Waals surface area contributed by atoms with Crippen LogP contribution in [0.3, 0.4) is 0 Å². The van der Waals surface area contributed by atoms with Crippen molar-refractivity contribution in [1.29, 1.82) is 0 Å². The van der Waals surface area contributed by atoms with E-state index in [9.17, 15) is 19.7 Å². The Balaban J connectivity index is 1.43. The third-order valence-electron chi connectivity index (χ3n) is 6.62. The molecule has 0 saturated carbocycles. The summed E-state index contributed by atoms with van der Waals surface area (Å²) in [6, 6.07) is 11.5. The van der Waals surface area contributed by atoms with Crippen molar-refractivity contribution in [1.82, 2.24) is 5.32 Å². The highest BCUT2D eigenvalue weighted by Crippen LogP contribution is 2.46. The van der Waals surface area contributed by atoms with Gasteiger partial charge in [0.1, 0.15) is 12.4 Å². The number of carbonyl (C=O) groups is 2. The molecule has 174 valence electrons. The summed E-state index contributed by atoms with van der Waals surface area (Å²) in [5.41, 5.74) is 4.85. The number of allylic oxidation sites excluding steroid dienone is 4. The fourth-order valence-electron chi connectivity index (χ4n) is 5.01. The van der Waals surface area contributed by atoms with Crippen LogP contribution in [0.1, 0.15) is 55.6 Å². The first kappa shape index (κ1) is 22.3. The Kier molecular flexibility index (Phi) is 5.96. The number of nitrogens with one attached hydrogen (secondary N) is 1. The van der Waals surface area contributed by atoms with E-state index < -0.39 is 10.8 Å². The van der Waals surface area contributed by atoms with Gasteiger partial charge in [-0.15, -0.1) is 0 Å². The quantitative estimate of drug-likeness (QED) is 0.448. The Hall–Kier alpha value is -3.45. The van der Waals surface area contributed by atoms with Crippen LogP contribution in [0, 0.1) is 10.1 Å². The predicted molar refractivity (Wildman–Crippen MR) is 127 cm³/mol. The zero-order valence-electron chi connectivity index (χ0n) is 18.4. The molecule has 1 aliphatic heterocycles. The van der Waals surface area contributed by atoms with Crippen molar-refractivity contribution in [3.05, 3.63) is 91.3 Å². The molecular weight excluding hydrogens is 456 g/mol. The number of hydrogen-bond donors (Lipinski definition) is 1. The van der Waals surface area contributed by atoms with Crippen LogP contribution in [0.5, 0.6) is 5.75 Å². The summed E-state index contributed by atoms with van der Waals surface area (Å²) in [4.78, 5) is 36.3. The zero-order chi connectivity index (χ0) is 23.8. The lowest BCUT2D eigenvalue weighted by molar-refractivity contribution is -0.384. The summed E-state index contributed by atoms with van der Waals surface area (Å²) in [5, 5.41) is 14.6. The number of carbonyl (C=O) groups excluding carboxylic acids is 2. The van der Waals surface area contributed by atoms with Crippen LogP contribution in [0.25, 0.3) is 0 Å². The van der Waals surface area contributed by atoms with Gasteiger partial charge in [-0.2, -0.15) is 0 Å². The smallest absolute Gasteiger partial charge is 0.269 e. The Bertz CT molecular complexity index is 1220. The van der Waals surface area contributed by atoms with Gasteiger partial charge in [-0.3, -0.25) is 19.7 Å². The van der Waals surface area contributed by atoms with Crippen molar-refractivity contribution >= 4 is 28.9 Å². The average Bonchev–Trinajstić information content (AvgIpc) is 2.82. The standard InChI is InChI=1S/C26H23ClN2O5/c27-18-13-16(9-12-23(18)34-14-15-7-10-17(11-8-15)29(32)33)24-25-19(3-1-5-21(25)30)28-20-4-2-6-22(31)26(20)24/h7-13,24,28H,1-6,14H2. The lowest BCUT2D eigenvalue weighted by Gasteiger charge is -2.37. The van der Waals surface area contributed by atoms with Crippen molar-refractivity contribution < 1.29 is 19.2 Å². The van der Waals surface area contributed by atoms with E-state index >= 15 is 0 Å². The topological polar surface area (TPSA) is 98.5 Å². The first-order valence-corrected chi connectivity index (χ1v) is 11.7. The number of rotatable bonds is 5. The summed E-state index contributed by atoms with van der Waals surface area (Å²) < 4.78 is 5.85. The van der Waals surface area contributed by atoms with Crippen molar-refractivity contribution in [3.8, 4) is 5.75 Å². The molecule has 0 bridgehead atoms. The van der Waals surface area contributed by atoms with E-state index in [0.717, 1.165) is 48.2 Å². The number of benzene rings is 2.